The van der Waals surface area contributed by atoms with Gasteiger partial charge in [0.05, 0.1) is 5.84 Å². The summed E-state index contributed by atoms with van der Waals surface area (Å²) in [6, 6.07) is 0. The molecule has 0 aromatic heterocycles. The van der Waals surface area contributed by atoms with Crippen LogP contribution >= 0.6 is 11.8 Å². The second-order valence-corrected chi connectivity index (χ2v) is 4.49. The van der Waals surface area contributed by atoms with Crippen LogP contribution in [0.5, 0.6) is 0 Å². The highest BCUT2D eigenvalue weighted by atomic mass is 32.2. The molecule has 1 unspecified atom stereocenters. The summed E-state index contributed by atoms with van der Waals surface area (Å²) < 4.78 is 0. The van der Waals surface area contributed by atoms with Crippen molar-refractivity contribution >= 4 is 17.6 Å². The molecule has 1 N–H and O–H groups in total. The van der Waals surface area contributed by atoms with Gasteiger partial charge in [-0.1, -0.05) is 6.92 Å². The first-order valence-electron chi connectivity index (χ1n) is 4.63. The van der Waals surface area contributed by atoms with Crippen molar-refractivity contribution < 1.29 is 0 Å². The third kappa shape index (κ3) is 3.48. The fourth-order valence-corrected chi connectivity index (χ4v) is 1.44. The minimum atomic E-state index is 0.689. The van der Waals surface area contributed by atoms with Gasteiger partial charge in [0.25, 0.3) is 0 Å². The van der Waals surface area contributed by atoms with Gasteiger partial charge in [-0.2, -0.15) is 11.8 Å². The molecule has 0 saturated carbocycles. The van der Waals surface area contributed by atoms with E-state index < -0.39 is 0 Å². The van der Waals surface area contributed by atoms with Gasteiger partial charge in [-0.3, -0.25) is 4.99 Å². The zero-order valence-electron chi connectivity index (χ0n) is 7.97. The number of hydrogen-bond donors (Lipinski definition) is 1. The molecule has 0 bridgehead atoms. The highest BCUT2D eigenvalue weighted by Crippen LogP contribution is 2.06. The molecular formula is C9H18N2S. The van der Waals surface area contributed by atoms with E-state index >= 15 is 0 Å². The lowest BCUT2D eigenvalue weighted by atomic mass is 10.2. The van der Waals surface area contributed by atoms with E-state index in [-0.39, 0.29) is 0 Å². The average Bonchev–Trinajstić information content (AvgIpc) is 2.16. The molecule has 0 aromatic rings. The number of thioether (sulfide) groups is 1. The van der Waals surface area contributed by atoms with Crippen LogP contribution in [-0.2, 0) is 0 Å². The minimum absolute atomic E-state index is 0.689. The van der Waals surface area contributed by atoms with Gasteiger partial charge in [-0.15, -0.1) is 0 Å². The summed E-state index contributed by atoms with van der Waals surface area (Å²) in [5.74, 6) is 1.22. The molecule has 0 saturated heterocycles. The van der Waals surface area contributed by atoms with Crippen LogP contribution in [0.15, 0.2) is 4.99 Å². The Balaban J connectivity index is 2.17. The van der Waals surface area contributed by atoms with Gasteiger partial charge in [0.1, 0.15) is 0 Å². The molecule has 1 aliphatic rings. The number of rotatable bonds is 3. The van der Waals surface area contributed by atoms with Gasteiger partial charge < -0.3 is 5.32 Å². The summed E-state index contributed by atoms with van der Waals surface area (Å²) in [7, 11) is 0. The van der Waals surface area contributed by atoms with E-state index in [2.05, 4.69) is 23.5 Å². The highest BCUT2D eigenvalue weighted by Gasteiger charge is 2.05. The molecule has 1 rings (SSSR count). The fourth-order valence-electron chi connectivity index (χ4n) is 1.19. The molecule has 0 radical (unpaired) electrons. The maximum atomic E-state index is 4.43. The van der Waals surface area contributed by atoms with E-state index in [1.807, 2.05) is 11.8 Å². The Morgan fingerprint density at radius 1 is 1.58 bits per heavy atom. The summed E-state index contributed by atoms with van der Waals surface area (Å²) in [6.07, 6.45) is 5.87. The molecule has 0 amide bonds. The van der Waals surface area contributed by atoms with Crippen LogP contribution < -0.4 is 5.32 Å². The minimum Gasteiger partial charge on any atom is -0.373 e. The van der Waals surface area contributed by atoms with Crippen molar-refractivity contribution in [1.29, 1.82) is 0 Å². The molecule has 12 heavy (non-hydrogen) atoms. The van der Waals surface area contributed by atoms with Gasteiger partial charge in [0.15, 0.2) is 0 Å². The first-order chi connectivity index (χ1) is 5.83. The molecule has 1 aliphatic heterocycles. The Morgan fingerprint density at radius 3 is 3.00 bits per heavy atom. The topological polar surface area (TPSA) is 24.4 Å². The number of nitrogens with zero attached hydrogens (tertiary/aromatic N) is 1. The SMILES string of the molecule is CSC(C)CNC1=NCCCC1. The lowest BCUT2D eigenvalue weighted by molar-refractivity contribution is 0.704. The summed E-state index contributed by atoms with van der Waals surface area (Å²) in [5.41, 5.74) is 0. The van der Waals surface area contributed by atoms with Crippen LogP contribution in [0, 0.1) is 0 Å². The predicted octanol–water partition coefficient (Wildman–Crippen LogP) is 1.91. The number of aliphatic imine (C=N–C) groups is 1. The van der Waals surface area contributed by atoms with Crippen LogP contribution in [0.2, 0.25) is 0 Å². The van der Waals surface area contributed by atoms with E-state index in [0.29, 0.717) is 5.25 Å². The van der Waals surface area contributed by atoms with E-state index in [0.717, 1.165) is 19.5 Å². The van der Waals surface area contributed by atoms with Crippen LogP contribution in [-0.4, -0.2) is 30.4 Å². The number of amidine groups is 1. The second kappa shape index (κ2) is 5.46. The molecule has 3 heteroatoms. The summed E-state index contributed by atoms with van der Waals surface area (Å²) in [5, 5.41) is 4.09. The van der Waals surface area contributed by atoms with Crippen molar-refractivity contribution in [3.8, 4) is 0 Å². The van der Waals surface area contributed by atoms with Gasteiger partial charge in [-0.05, 0) is 19.1 Å². The van der Waals surface area contributed by atoms with Crippen molar-refractivity contribution in [3.05, 3.63) is 0 Å². The first-order valence-corrected chi connectivity index (χ1v) is 5.91. The normalized spacial score (nSPS) is 20.0. The first kappa shape index (κ1) is 9.90. The van der Waals surface area contributed by atoms with Crippen LogP contribution in [0.25, 0.3) is 0 Å². The number of nitrogens with one attached hydrogen (secondary N) is 1. The highest BCUT2D eigenvalue weighted by molar-refractivity contribution is 7.99. The standard InChI is InChI=1S/C9H18N2S/c1-8(12-2)7-11-9-5-3-4-6-10-9/h8H,3-7H2,1-2H3,(H,10,11). The van der Waals surface area contributed by atoms with E-state index in [9.17, 15) is 0 Å². The second-order valence-electron chi connectivity index (χ2n) is 3.21. The largest absolute Gasteiger partial charge is 0.373 e. The zero-order valence-corrected chi connectivity index (χ0v) is 8.78. The maximum Gasteiger partial charge on any atom is 0.0963 e. The van der Waals surface area contributed by atoms with Crippen LogP contribution in [0.4, 0.5) is 0 Å². The van der Waals surface area contributed by atoms with Crippen molar-refractivity contribution in [2.24, 2.45) is 4.99 Å². The Kier molecular flexibility index (Phi) is 4.51. The van der Waals surface area contributed by atoms with Crippen LogP contribution in [0.1, 0.15) is 26.2 Å². The predicted molar refractivity (Wildman–Crippen MR) is 57.1 cm³/mol. The Bertz CT molecular complexity index is 157. The van der Waals surface area contributed by atoms with Gasteiger partial charge in [0.2, 0.25) is 0 Å². The maximum absolute atomic E-state index is 4.43. The summed E-state index contributed by atoms with van der Waals surface area (Å²) in [4.78, 5) is 4.43. The number of hydrogen-bond acceptors (Lipinski definition) is 3. The summed E-state index contributed by atoms with van der Waals surface area (Å²) >= 11 is 1.90. The molecule has 2 nitrogen and oxygen atoms in total. The van der Waals surface area contributed by atoms with Gasteiger partial charge in [0, 0.05) is 24.8 Å². The van der Waals surface area contributed by atoms with Crippen molar-refractivity contribution in [2.75, 3.05) is 19.3 Å². The van der Waals surface area contributed by atoms with Crippen molar-refractivity contribution in [1.82, 2.24) is 5.32 Å². The third-order valence-corrected chi connectivity index (χ3v) is 3.09. The molecule has 0 fully saturated rings. The van der Waals surface area contributed by atoms with Crippen molar-refractivity contribution in [3.63, 3.8) is 0 Å². The Morgan fingerprint density at radius 2 is 2.42 bits per heavy atom. The molecule has 0 aliphatic carbocycles. The molecule has 0 aromatic carbocycles. The molecule has 1 heterocycles. The van der Waals surface area contributed by atoms with E-state index in [1.54, 1.807) is 0 Å². The third-order valence-electron chi connectivity index (χ3n) is 2.12. The monoisotopic (exact) mass is 186 g/mol. The Hall–Kier alpha value is -0.180. The smallest absolute Gasteiger partial charge is 0.0963 e. The summed E-state index contributed by atoms with van der Waals surface area (Å²) in [6.45, 7) is 4.32. The lowest BCUT2D eigenvalue weighted by Crippen LogP contribution is -2.30. The van der Waals surface area contributed by atoms with Crippen molar-refractivity contribution in [2.45, 2.75) is 31.4 Å². The molecule has 70 valence electrons. The van der Waals surface area contributed by atoms with Gasteiger partial charge in [-0.25, -0.2) is 0 Å². The van der Waals surface area contributed by atoms with Gasteiger partial charge >= 0.3 is 0 Å². The molecular weight excluding hydrogens is 168 g/mol. The fraction of sp³-hybridized carbons (Fsp3) is 0.889. The molecule has 0 spiro atoms. The average molecular weight is 186 g/mol. The molecule has 1 atom stereocenters. The lowest BCUT2D eigenvalue weighted by Gasteiger charge is -2.16. The van der Waals surface area contributed by atoms with E-state index in [4.69, 9.17) is 0 Å². The Labute approximate surface area is 79.2 Å². The van der Waals surface area contributed by atoms with E-state index in [1.165, 1.54) is 18.7 Å². The zero-order chi connectivity index (χ0) is 8.81. The quantitative estimate of drug-likeness (QED) is 0.728. The van der Waals surface area contributed by atoms with Crippen LogP contribution in [0.3, 0.4) is 0 Å².